The lowest BCUT2D eigenvalue weighted by Crippen LogP contribution is -2.50. The third kappa shape index (κ3) is 11.4. The molecule has 2 fully saturated rings. The predicted molar refractivity (Wildman–Crippen MR) is 167 cm³/mol. The highest BCUT2D eigenvalue weighted by atomic mass is 16.5. The zero-order chi connectivity index (χ0) is 33.7. The van der Waals surface area contributed by atoms with E-state index in [1.54, 1.807) is 14.7 Å². The molecular formula is C31H50N6O9. The molecule has 46 heavy (non-hydrogen) atoms. The van der Waals surface area contributed by atoms with E-state index in [0.29, 0.717) is 59.0 Å². The third-order valence-electron chi connectivity index (χ3n) is 9.89. The van der Waals surface area contributed by atoms with E-state index >= 15 is 0 Å². The highest BCUT2D eigenvalue weighted by molar-refractivity contribution is 5.78. The smallest absolute Gasteiger partial charge is 0.407 e. The molecule has 258 valence electrons. The van der Waals surface area contributed by atoms with E-state index in [0.717, 1.165) is 25.7 Å². The molecule has 15 nitrogen and oxygen atoms in total. The van der Waals surface area contributed by atoms with Crippen molar-refractivity contribution >= 4 is 29.9 Å². The molecule has 0 aromatic carbocycles. The van der Waals surface area contributed by atoms with E-state index in [2.05, 4.69) is 36.3 Å². The number of nitrogens with one attached hydrogen (secondary N) is 2. The molecular weight excluding hydrogens is 600 g/mol. The molecule has 0 bridgehead atoms. The average molecular weight is 651 g/mol. The van der Waals surface area contributed by atoms with E-state index in [-0.39, 0.29) is 61.9 Å². The van der Waals surface area contributed by atoms with Crippen LogP contribution in [0.2, 0.25) is 0 Å². The van der Waals surface area contributed by atoms with Crippen LogP contribution in [0.1, 0.15) is 39.5 Å². The molecule has 1 saturated heterocycles. The van der Waals surface area contributed by atoms with E-state index in [9.17, 15) is 39.3 Å². The summed E-state index contributed by atoms with van der Waals surface area (Å²) in [4.78, 5) is 66.3. The molecule has 3 atom stereocenters. The Morgan fingerprint density at radius 3 is 1.41 bits per heavy atom. The van der Waals surface area contributed by atoms with Crippen LogP contribution in [0.5, 0.6) is 0 Å². The lowest BCUT2D eigenvalue weighted by molar-refractivity contribution is -0.140. The summed E-state index contributed by atoms with van der Waals surface area (Å²) in [6, 6.07) is 0. The van der Waals surface area contributed by atoms with Gasteiger partial charge >= 0.3 is 24.0 Å². The predicted octanol–water partition coefficient (Wildman–Crippen LogP) is -0.476. The fourth-order valence-electron chi connectivity index (χ4n) is 6.80. The summed E-state index contributed by atoms with van der Waals surface area (Å²) in [5.74, 6) is 3.36. The first-order valence-electron chi connectivity index (χ1n) is 16.0. The number of rotatable bonds is 13. The van der Waals surface area contributed by atoms with Crippen LogP contribution in [0.15, 0.2) is 0 Å². The average Bonchev–Trinajstić information content (AvgIpc) is 3.41. The Balaban J connectivity index is 1.46. The number of carbonyl (C=O) groups excluding carboxylic acids is 2. The third-order valence-corrected chi connectivity index (χ3v) is 9.89. The van der Waals surface area contributed by atoms with Gasteiger partial charge in [0.1, 0.15) is 0 Å². The largest absolute Gasteiger partial charge is 0.480 e. The Bertz CT molecular complexity index is 1100. The zero-order valence-electron chi connectivity index (χ0n) is 27.1. The van der Waals surface area contributed by atoms with Gasteiger partial charge in [0.15, 0.2) is 0 Å². The molecule has 1 saturated carbocycles. The Hall–Kier alpha value is -3.45. The SMILES string of the molecule is C[C@@]12CCC#CCC[C@]1(C)C2COC(=O)NCCNC(=O)CN1CCN(CC(=O)O)CCN(CC(=O)O)CCN(CC(=O)O)CC1. The number of carboxylic acid groups (broad SMARTS) is 3. The highest BCUT2D eigenvalue weighted by Crippen LogP contribution is 2.73. The van der Waals surface area contributed by atoms with Gasteiger partial charge in [-0.1, -0.05) is 13.8 Å². The van der Waals surface area contributed by atoms with Crippen LogP contribution in [-0.4, -0.2) is 163 Å². The highest BCUT2D eigenvalue weighted by Gasteiger charge is 2.69. The van der Waals surface area contributed by atoms with E-state index in [1.165, 1.54) is 0 Å². The summed E-state index contributed by atoms with van der Waals surface area (Å²) in [6.45, 7) is 7.03. The second-order valence-corrected chi connectivity index (χ2v) is 12.9. The van der Waals surface area contributed by atoms with Crippen molar-refractivity contribution in [2.45, 2.75) is 39.5 Å². The topological polar surface area (TPSA) is 192 Å². The van der Waals surface area contributed by atoms with E-state index < -0.39 is 24.0 Å². The maximum atomic E-state index is 12.8. The fraction of sp³-hybridized carbons (Fsp3) is 0.774. The van der Waals surface area contributed by atoms with Crippen molar-refractivity contribution in [3.05, 3.63) is 0 Å². The minimum atomic E-state index is -1.02. The molecule has 2 aliphatic carbocycles. The van der Waals surface area contributed by atoms with Crippen LogP contribution in [0.3, 0.4) is 0 Å². The number of nitrogens with zero attached hydrogens (tertiary/aromatic N) is 4. The molecule has 1 heterocycles. The number of fused-ring (bicyclic) bond motifs is 1. The van der Waals surface area contributed by atoms with Crippen LogP contribution < -0.4 is 10.6 Å². The number of aliphatic carboxylic acids is 3. The van der Waals surface area contributed by atoms with Gasteiger partial charge in [-0.05, 0) is 23.7 Å². The van der Waals surface area contributed by atoms with Crippen LogP contribution in [-0.2, 0) is 23.9 Å². The van der Waals surface area contributed by atoms with Crippen LogP contribution in [0.4, 0.5) is 4.79 Å². The first-order valence-corrected chi connectivity index (χ1v) is 16.0. The standard InChI is InChI=1S/C31H50N6O9/c1-30-7-5-3-4-6-8-31(30,2)24(30)23-46-29(45)33-10-9-32-25(38)19-34-11-13-35(20-26(39)40)15-17-37(22-28(43)44)18-16-36(14-12-34)21-27(41)42/h24H,5-23H2,1-2H3,(H,32,38)(H,33,45)(H,39,40)(H,41,42)(H,43,44)/t24?,30-,31+. The van der Waals surface area contributed by atoms with Gasteiger partial charge in [0.2, 0.25) is 5.91 Å². The first kappa shape index (κ1) is 37.0. The van der Waals surface area contributed by atoms with Crippen molar-refractivity contribution in [2.75, 3.05) is 98.2 Å². The minimum absolute atomic E-state index is 0.0000317. The number of hydrogen-bond acceptors (Lipinski definition) is 10. The summed E-state index contributed by atoms with van der Waals surface area (Å²) >= 11 is 0. The van der Waals surface area contributed by atoms with Gasteiger partial charge < -0.3 is 30.7 Å². The molecule has 1 unspecified atom stereocenters. The Kier molecular flexibility index (Phi) is 14.1. The molecule has 3 rings (SSSR count). The lowest BCUT2D eigenvalue weighted by Gasteiger charge is -2.32. The Morgan fingerprint density at radius 1 is 0.652 bits per heavy atom. The molecule has 0 aromatic heterocycles. The lowest BCUT2D eigenvalue weighted by atomic mass is 9.87. The number of alkyl carbamates (subject to hydrolysis) is 1. The molecule has 15 heteroatoms. The van der Waals surface area contributed by atoms with Gasteiger partial charge in [0.25, 0.3) is 0 Å². The van der Waals surface area contributed by atoms with E-state index in [1.807, 2.05) is 4.90 Å². The van der Waals surface area contributed by atoms with Crippen molar-refractivity contribution in [3.63, 3.8) is 0 Å². The maximum absolute atomic E-state index is 12.8. The maximum Gasteiger partial charge on any atom is 0.407 e. The second-order valence-electron chi connectivity index (χ2n) is 12.9. The molecule has 0 radical (unpaired) electrons. The van der Waals surface area contributed by atoms with Crippen LogP contribution in [0, 0.1) is 28.6 Å². The van der Waals surface area contributed by atoms with Crippen molar-refractivity contribution in [2.24, 2.45) is 16.7 Å². The van der Waals surface area contributed by atoms with E-state index in [4.69, 9.17) is 4.74 Å². The summed E-state index contributed by atoms with van der Waals surface area (Å²) in [5, 5.41) is 33.5. The number of hydrogen-bond donors (Lipinski definition) is 5. The van der Waals surface area contributed by atoms with Crippen molar-refractivity contribution in [3.8, 4) is 11.8 Å². The molecule has 5 N–H and O–H groups in total. The van der Waals surface area contributed by atoms with Crippen LogP contribution in [0.25, 0.3) is 0 Å². The Labute approximate surface area is 270 Å². The van der Waals surface area contributed by atoms with Gasteiger partial charge in [-0.3, -0.25) is 38.8 Å². The summed E-state index contributed by atoms with van der Waals surface area (Å²) in [7, 11) is 0. The van der Waals surface area contributed by atoms with Crippen LogP contribution >= 0.6 is 0 Å². The molecule has 1 aliphatic heterocycles. The second kappa shape index (κ2) is 17.5. The monoisotopic (exact) mass is 650 g/mol. The Morgan fingerprint density at radius 2 is 1.02 bits per heavy atom. The van der Waals surface area contributed by atoms with Gasteiger partial charge in [-0.25, -0.2) is 4.79 Å². The van der Waals surface area contributed by atoms with Crippen molar-refractivity contribution in [1.82, 2.24) is 30.2 Å². The summed E-state index contributed by atoms with van der Waals surface area (Å²) in [5.41, 5.74) is 0.240. The minimum Gasteiger partial charge on any atom is -0.480 e. The number of ether oxygens (including phenoxy) is 1. The number of carbonyl (C=O) groups is 5. The fourth-order valence-corrected chi connectivity index (χ4v) is 6.80. The molecule has 2 amide bonds. The normalized spacial score (nSPS) is 26.8. The van der Waals surface area contributed by atoms with Gasteiger partial charge in [0, 0.05) is 84.2 Å². The first-order chi connectivity index (χ1) is 21.8. The van der Waals surface area contributed by atoms with Gasteiger partial charge in [0.05, 0.1) is 32.8 Å². The quantitative estimate of drug-likeness (QED) is 0.127. The van der Waals surface area contributed by atoms with Gasteiger partial charge in [-0.2, -0.15) is 0 Å². The molecule has 3 aliphatic rings. The molecule has 0 spiro atoms. The van der Waals surface area contributed by atoms with Gasteiger partial charge in [-0.15, -0.1) is 11.8 Å². The number of carboxylic acids is 3. The zero-order valence-corrected chi connectivity index (χ0v) is 27.1. The summed E-state index contributed by atoms with van der Waals surface area (Å²) < 4.78 is 5.53. The van der Waals surface area contributed by atoms with Crippen molar-refractivity contribution < 1.29 is 44.0 Å². The van der Waals surface area contributed by atoms with Crippen molar-refractivity contribution in [1.29, 1.82) is 0 Å². The number of amides is 2. The molecule has 0 aromatic rings. The summed E-state index contributed by atoms with van der Waals surface area (Å²) in [6.07, 6.45) is 3.19.